The molecule has 10 heavy (non-hydrogen) atoms. The number of rotatable bonds is 0. The van der Waals surface area contributed by atoms with E-state index in [1.54, 1.807) is 0 Å². The first-order valence-corrected chi connectivity index (χ1v) is 3.62. The van der Waals surface area contributed by atoms with E-state index in [2.05, 4.69) is 10.1 Å². The second-order valence-electron chi connectivity index (χ2n) is 2.77. The standard InChI is InChI=1S/C6H10O4/c1-2-4-6(5-3-1)7-9-10-8-6/h1-5H2. The molecular formula is C6H10O4. The predicted molar refractivity (Wildman–Crippen MR) is 30.2 cm³/mol. The van der Waals surface area contributed by atoms with E-state index in [0.717, 1.165) is 25.7 Å². The van der Waals surface area contributed by atoms with E-state index < -0.39 is 5.79 Å². The van der Waals surface area contributed by atoms with Crippen molar-refractivity contribution in [3.63, 3.8) is 0 Å². The van der Waals surface area contributed by atoms with Gasteiger partial charge in [0.05, 0.1) is 0 Å². The van der Waals surface area contributed by atoms with Crippen LogP contribution in [0.25, 0.3) is 0 Å². The Kier molecular flexibility index (Phi) is 1.61. The van der Waals surface area contributed by atoms with Crippen molar-refractivity contribution in [3.05, 3.63) is 0 Å². The van der Waals surface area contributed by atoms with Crippen molar-refractivity contribution in [1.29, 1.82) is 0 Å². The summed E-state index contributed by atoms with van der Waals surface area (Å²) in [6, 6.07) is 0. The van der Waals surface area contributed by atoms with E-state index in [9.17, 15) is 0 Å². The lowest BCUT2D eigenvalue weighted by Gasteiger charge is -2.24. The smallest absolute Gasteiger partial charge is 0.165 e. The summed E-state index contributed by atoms with van der Waals surface area (Å²) in [6.07, 6.45) is 5.22. The first kappa shape index (κ1) is 6.54. The van der Waals surface area contributed by atoms with Gasteiger partial charge in [0, 0.05) is 12.8 Å². The lowest BCUT2D eigenvalue weighted by molar-refractivity contribution is -0.532. The fourth-order valence-corrected chi connectivity index (χ4v) is 1.42. The molecule has 2 aliphatic rings. The summed E-state index contributed by atoms with van der Waals surface area (Å²) in [4.78, 5) is 9.67. The largest absolute Gasteiger partial charge is 0.240 e. The van der Waals surface area contributed by atoms with Gasteiger partial charge in [0.15, 0.2) is 0 Å². The summed E-state index contributed by atoms with van der Waals surface area (Å²) in [7, 11) is 0. The Morgan fingerprint density at radius 3 is 2.00 bits per heavy atom. The zero-order valence-electron chi connectivity index (χ0n) is 5.67. The molecule has 0 aromatic carbocycles. The molecule has 2 rings (SSSR count). The van der Waals surface area contributed by atoms with Crippen molar-refractivity contribution in [3.8, 4) is 0 Å². The van der Waals surface area contributed by atoms with E-state index in [4.69, 9.17) is 9.78 Å². The van der Waals surface area contributed by atoms with Gasteiger partial charge in [0.25, 0.3) is 0 Å². The maximum absolute atomic E-state index is 4.84. The van der Waals surface area contributed by atoms with Gasteiger partial charge in [-0.25, -0.2) is 0 Å². The summed E-state index contributed by atoms with van der Waals surface area (Å²) in [6.45, 7) is 0. The van der Waals surface area contributed by atoms with Crippen LogP contribution < -0.4 is 0 Å². The highest BCUT2D eigenvalue weighted by atomic mass is 17.7. The molecule has 1 heterocycles. The Morgan fingerprint density at radius 1 is 0.800 bits per heavy atom. The first-order chi connectivity index (χ1) is 4.91. The van der Waals surface area contributed by atoms with E-state index >= 15 is 0 Å². The molecule has 4 heteroatoms. The van der Waals surface area contributed by atoms with Crippen molar-refractivity contribution in [2.75, 3.05) is 0 Å². The molecular weight excluding hydrogens is 136 g/mol. The molecule has 1 saturated heterocycles. The third-order valence-corrected chi connectivity index (χ3v) is 2.01. The SMILES string of the molecule is C1CCC2(CC1)OOOO2. The summed E-state index contributed by atoms with van der Waals surface area (Å²) >= 11 is 0. The van der Waals surface area contributed by atoms with E-state index in [1.807, 2.05) is 0 Å². The molecule has 58 valence electrons. The van der Waals surface area contributed by atoms with Gasteiger partial charge in [0.1, 0.15) is 0 Å². The highest BCUT2D eigenvalue weighted by molar-refractivity contribution is 4.72. The summed E-state index contributed by atoms with van der Waals surface area (Å²) in [5.41, 5.74) is 0. The Bertz CT molecular complexity index is 111. The first-order valence-electron chi connectivity index (χ1n) is 3.62. The number of hydrogen-bond donors (Lipinski definition) is 0. The molecule has 0 aromatic heterocycles. The van der Waals surface area contributed by atoms with Crippen LogP contribution in [0.1, 0.15) is 32.1 Å². The minimum absolute atomic E-state index is 0.571. The van der Waals surface area contributed by atoms with Crippen LogP contribution in [0.4, 0.5) is 0 Å². The Hall–Kier alpha value is -0.160. The van der Waals surface area contributed by atoms with Crippen molar-refractivity contribution in [1.82, 2.24) is 0 Å². The van der Waals surface area contributed by atoms with E-state index in [-0.39, 0.29) is 0 Å². The van der Waals surface area contributed by atoms with Gasteiger partial charge < -0.3 is 0 Å². The quantitative estimate of drug-likeness (QED) is 0.485. The molecule has 1 aliphatic carbocycles. The monoisotopic (exact) mass is 146 g/mol. The molecule has 0 atom stereocenters. The van der Waals surface area contributed by atoms with Crippen molar-refractivity contribution >= 4 is 0 Å². The average Bonchev–Trinajstić information content (AvgIpc) is 2.39. The molecule has 0 amide bonds. The third kappa shape index (κ3) is 1.03. The molecule has 1 saturated carbocycles. The summed E-state index contributed by atoms with van der Waals surface area (Å²) in [5.74, 6) is -0.571. The maximum Gasteiger partial charge on any atom is 0.240 e. The fourth-order valence-electron chi connectivity index (χ4n) is 1.42. The zero-order chi connectivity index (χ0) is 6.86. The van der Waals surface area contributed by atoms with Gasteiger partial charge in [-0.05, 0) is 22.9 Å². The molecule has 0 radical (unpaired) electrons. The summed E-state index contributed by atoms with van der Waals surface area (Å²) < 4.78 is 0. The minimum atomic E-state index is -0.571. The molecule has 1 aliphatic heterocycles. The fraction of sp³-hybridized carbons (Fsp3) is 1.00. The molecule has 0 N–H and O–H groups in total. The predicted octanol–water partition coefficient (Wildman–Crippen LogP) is 1.47. The molecule has 4 nitrogen and oxygen atoms in total. The second kappa shape index (κ2) is 2.47. The number of hydrogen-bond acceptors (Lipinski definition) is 4. The topological polar surface area (TPSA) is 36.9 Å². The zero-order valence-corrected chi connectivity index (χ0v) is 5.67. The summed E-state index contributed by atoms with van der Waals surface area (Å²) in [5, 5.41) is 8.43. The van der Waals surface area contributed by atoms with Gasteiger partial charge in [-0.2, -0.15) is 9.78 Å². The molecule has 1 spiro atoms. The van der Waals surface area contributed by atoms with Crippen LogP contribution in [0.3, 0.4) is 0 Å². The van der Waals surface area contributed by atoms with Crippen molar-refractivity contribution < 1.29 is 19.9 Å². The Labute approximate surface area is 58.8 Å². The van der Waals surface area contributed by atoms with Crippen molar-refractivity contribution in [2.45, 2.75) is 37.9 Å². The van der Waals surface area contributed by atoms with Crippen LogP contribution in [-0.2, 0) is 19.9 Å². The third-order valence-electron chi connectivity index (χ3n) is 2.01. The van der Waals surface area contributed by atoms with Gasteiger partial charge in [0.2, 0.25) is 5.79 Å². The van der Waals surface area contributed by atoms with Gasteiger partial charge >= 0.3 is 0 Å². The van der Waals surface area contributed by atoms with Crippen LogP contribution in [0, 0.1) is 0 Å². The van der Waals surface area contributed by atoms with Crippen LogP contribution in [0.15, 0.2) is 0 Å². The Morgan fingerprint density at radius 2 is 1.40 bits per heavy atom. The lowest BCUT2D eigenvalue weighted by atomic mass is 9.95. The maximum atomic E-state index is 4.84. The minimum Gasteiger partial charge on any atom is -0.165 e. The molecule has 2 fully saturated rings. The Balaban J connectivity index is 1.98. The highest BCUT2D eigenvalue weighted by Crippen LogP contribution is 2.36. The highest BCUT2D eigenvalue weighted by Gasteiger charge is 2.42. The second-order valence-corrected chi connectivity index (χ2v) is 2.77. The van der Waals surface area contributed by atoms with E-state index in [0.29, 0.717) is 0 Å². The molecule has 0 aromatic rings. The van der Waals surface area contributed by atoms with Gasteiger partial charge in [-0.3, -0.25) is 0 Å². The van der Waals surface area contributed by atoms with Crippen molar-refractivity contribution in [2.24, 2.45) is 0 Å². The molecule has 0 bridgehead atoms. The van der Waals surface area contributed by atoms with Gasteiger partial charge in [-0.1, -0.05) is 6.42 Å². The normalized spacial score (nSPS) is 31.2. The van der Waals surface area contributed by atoms with Gasteiger partial charge in [-0.15, -0.1) is 0 Å². The lowest BCUT2D eigenvalue weighted by Crippen LogP contribution is -2.31. The van der Waals surface area contributed by atoms with Crippen LogP contribution >= 0.6 is 0 Å². The molecule has 0 unspecified atom stereocenters. The van der Waals surface area contributed by atoms with Crippen LogP contribution in [0.5, 0.6) is 0 Å². The van der Waals surface area contributed by atoms with Crippen LogP contribution in [0.2, 0.25) is 0 Å². The van der Waals surface area contributed by atoms with E-state index in [1.165, 1.54) is 6.42 Å². The average molecular weight is 146 g/mol. The van der Waals surface area contributed by atoms with Crippen LogP contribution in [-0.4, -0.2) is 5.79 Å².